The van der Waals surface area contributed by atoms with Crippen LogP contribution in [0.4, 0.5) is 0 Å². The number of aryl methyl sites for hydroxylation is 1. The predicted molar refractivity (Wildman–Crippen MR) is 65.5 cm³/mol. The van der Waals surface area contributed by atoms with Crippen molar-refractivity contribution in [1.29, 1.82) is 0 Å². The van der Waals surface area contributed by atoms with Gasteiger partial charge in [0, 0.05) is 12.5 Å². The molecular weight excluding hydrogens is 200 g/mol. The van der Waals surface area contributed by atoms with Gasteiger partial charge in [-0.2, -0.15) is 5.10 Å². The molecule has 1 heterocycles. The first-order chi connectivity index (χ1) is 7.84. The summed E-state index contributed by atoms with van der Waals surface area (Å²) >= 11 is 0. The molecule has 1 aliphatic rings. The lowest BCUT2D eigenvalue weighted by atomic mass is 9.93. The Labute approximate surface area is 95.7 Å². The van der Waals surface area contributed by atoms with Crippen molar-refractivity contribution >= 4 is 10.9 Å². The third-order valence-corrected chi connectivity index (χ3v) is 3.17. The summed E-state index contributed by atoms with van der Waals surface area (Å²) in [6.07, 6.45) is 5.94. The molecule has 0 radical (unpaired) electrons. The van der Waals surface area contributed by atoms with E-state index in [0.717, 1.165) is 7.11 Å². The molecule has 0 atom stereocenters. The maximum Gasteiger partial charge on any atom is 0.0685 e. The number of aliphatic hydroxyl groups excluding tert-OH is 1. The molecule has 86 valence electrons. The van der Waals surface area contributed by atoms with Crippen molar-refractivity contribution in [2.75, 3.05) is 7.11 Å². The Morgan fingerprint density at radius 3 is 2.69 bits per heavy atom. The molecule has 1 aliphatic carbocycles. The van der Waals surface area contributed by atoms with Crippen LogP contribution in [0.15, 0.2) is 24.4 Å². The molecule has 0 amide bonds. The van der Waals surface area contributed by atoms with Crippen molar-refractivity contribution in [3.8, 4) is 0 Å². The van der Waals surface area contributed by atoms with Crippen LogP contribution in [0.2, 0.25) is 0 Å². The molecule has 0 saturated heterocycles. The largest absolute Gasteiger partial charge is 0.400 e. The second-order valence-electron chi connectivity index (χ2n) is 4.24. The van der Waals surface area contributed by atoms with Gasteiger partial charge in [0.2, 0.25) is 0 Å². The highest BCUT2D eigenvalue weighted by Gasteiger charge is 2.21. The first kappa shape index (κ1) is 11.1. The first-order valence-corrected chi connectivity index (χ1v) is 5.73. The van der Waals surface area contributed by atoms with Gasteiger partial charge in [-0.25, -0.2) is 0 Å². The fourth-order valence-corrected chi connectivity index (χ4v) is 2.09. The Kier molecular flexibility index (Phi) is 3.25. The van der Waals surface area contributed by atoms with Gasteiger partial charge in [0.25, 0.3) is 0 Å². The molecule has 1 fully saturated rings. The van der Waals surface area contributed by atoms with E-state index in [1.54, 1.807) is 0 Å². The van der Waals surface area contributed by atoms with Crippen LogP contribution in [-0.2, 0) is 0 Å². The van der Waals surface area contributed by atoms with Crippen molar-refractivity contribution in [3.63, 3.8) is 0 Å². The summed E-state index contributed by atoms with van der Waals surface area (Å²) < 4.78 is 2.19. The number of benzene rings is 1. The van der Waals surface area contributed by atoms with Crippen LogP contribution in [0.3, 0.4) is 0 Å². The van der Waals surface area contributed by atoms with E-state index in [2.05, 4.69) is 34.9 Å². The molecule has 3 rings (SSSR count). The van der Waals surface area contributed by atoms with Crippen LogP contribution in [0, 0.1) is 6.92 Å². The van der Waals surface area contributed by atoms with Crippen LogP contribution in [-0.4, -0.2) is 22.0 Å². The number of aliphatic hydroxyl groups is 1. The summed E-state index contributed by atoms with van der Waals surface area (Å²) in [5.41, 5.74) is 2.60. The third kappa shape index (κ3) is 1.83. The van der Waals surface area contributed by atoms with Gasteiger partial charge < -0.3 is 5.11 Å². The van der Waals surface area contributed by atoms with Gasteiger partial charge >= 0.3 is 0 Å². The van der Waals surface area contributed by atoms with Crippen LogP contribution in [0.1, 0.15) is 30.9 Å². The smallest absolute Gasteiger partial charge is 0.0685 e. The topological polar surface area (TPSA) is 38.1 Å². The molecule has 0 bridgehead atoms. The maximum atomic E-state index is 7.00. The first-order valence-electron chi connectivity index (χ1n) is 5.73. The van der Waals surface area contributed by atoms with E-state index in [0.29, 0.717) is 6.04 Å². The quantitative estimate of drug-likeness (QED) is 0.799. The van der Waals surface area contributed by atoms with Crippen molar-refractivity contribution in [1.82, 2.24) is 9.78 Å². The van der Waals surface area contributed by atoms with Crippen LogP contribution < -0.4 is 0 Å². The van der Waals surface area contributed by atoms with Gasteiger partial charge in [-0.05, 0) is 38.3 Å². The van der Waals surface area contributed by atoms with E-state index in [9.17, 15) is 0 Å². The summed E-state index contributed by atoms with van der Waals surface area (Å²) in [6, 6.07) is 7.22. The molecule has 16 heavy (non-hydrogen) atoms. The molecule has 2 aromatic rings. The Morgan fingerprint density at radius 2 is 2.06 bits per heavy atom. The normalized spacial score (nSPS) is 15.4. The molecule has 3 heteroatoms. The maximum absolute atomic E-state index is 7.00. The molecule has 3 nitrogen and oxygen atoms in total. The van der Waals surface area contributed by atoms with Crippen LogP contribution >= 0.6 is 0 Å². The van der Waals surface area contributed by atoms with E-state index in [-0.39, 0.29) is 0 Å². The molecule has 1 aromatic heterocycles. The molecular formula is C13H18N2O. The minimum Gasteiger partial charge on any atom is -0.400 e. The molecule has 1 aromatic carbocycles. The summed E-state index contributed by atoms with van der Waals surface area (Å²) in [6.45, 7) is 2.13. The van der Waals surface area contributed by atoms with Crippen LogP contribution in [0.25, 0.3) is 10.9 Å². The molecule has 1 N–H and O–H groups in total. The zero-order valence-corrected chi connectivity index (χ0v) is 9.85. The predicted octanol–water partition coefficient (Wildman–Crippen LogP) is 2.68. The summed E-state index contributed by atoms with van der Waals surface area (Å²) in [7, 11) is 1.00. The lowest BCUT2D eigenvalue weighted by Gasteiger charge is -2.26. The van der Waals surface area contributed by atoms with Crippen molar-refractivity contribution < 1.29 is 5.11 Å². The highest BCUT2D eigenvalue weighted by Crippen LogP contribution is 2.33. The average molecular weight is 218 g/mol. The van der Waals surface area contributed by atoms with Crippen molar-refractivity contribution in [2.45, 2.75) is 32.2 Å². The molecule has 0 aliphatic heterocycles. The lowest BCUT2D eigenvalue weighted by molar-refractivity contribution is 0.297. The third-order valence-electron chi connectivity index (χ3n) is 3.17. The van der Waals surface area contributed by atoms with E-state index in [4.69, 9.17) is 5.11 Å². The average Bonchev–Trinajstić information content (AvgIpc) is 2.62. The zero-order chi connectivity index (χ0) is 11.5. The number of rotatable bonds is 1. The van der Waals surface area contributed by atoms with E-state index in [1.165, 1.54) is 35.7 Å². The number of nitrogens with zero attached hydrogens (tertiary/aromatic N) is 2. The van der Waals surface area contributed by atoms with Crippen molar-refractivity contribution in [3.05, 3.63) is 30.0 Å². The molecule has 0 unspecified atom stereocenters. The van der Waals surface area contributed by atoms with E-state index >= 15 is 0 Å². The number of hydrogen-bond acceptors (Lipinski definition) is 2. The minimum atomic E-state index is 0.662. The summed E-state index contributed by atoms with van der Waals surface area (Å²) in [5, 5.41) is 12.8. The van der Waals surface area contributed by atoms with E-state index < -0.39 is 0 Å². The lowest BCUT2D eigenvalue weighted by Crippen LogP contribution is -2.17. The van der Waals surface area contributed by atoms with Crippen molar-refractivity contribution in [2.24, 2.45) is 0 Å². The second-order valence-corrected chi connectivity index (χ2v) is 4.24. The summed E-state index contributed by atoms with van der Waals surface area (Å²) in [5.74, 6) is 0. The molecule has 1 saturated carbocycles. The van der Waals surface area contributed by atoms with E-state index in [1.807, 2.05) is 6.20 Å². The Balaban J connectivity index is 0.000000457. The standard InChI is InChI=1S/C12H14N2.CH4O/c1-9-5-6-12-10(7-9)8-13-14(12)11-3-2-4-11;1-2/h5-8,11H,2-4H2,1H3;2H,1H3. The second kappa shape index (κ2) is 4.66. The Morgan fingerprint density at radius 1 is 1.31 bits per heavy atom. The summed E-state index contributed by atoms with van der Waals surface area (Å²) in [4.78, 5) is 0. The number of aromatic nitrogens is 2. The van der Waals surface area contributed by atoms with Crippen LogP contribution in [0.5, 0.6) is 0 Å². The Bertz CT molecular complexity index is 472. The van der Waals surface area contributed by atoms with Gasteiger partial charge in [0.1, 0.15) is 0 Å². The van der Waals surface area contributed by atoms with Gasteiger partial charge in [-0.15, -0.1) is 0 Å². The number of hydrogen-bond donors (Lipinski definition) is 1. The SMILES string of the molecule is CO.Cc1ccc2c(cnn2C2CCC2)c1. The van der Waals surface area contributed by atoms with Gasteiger partial charge in [-0.1, -0.05) is 11.6 Å². The Hall–Kier alpha value is -1.35. The fourth-order valence-electron chi connectivity index (χ4n) is 2.09. The minimum absolute atomic E-state index is 0.662. The highest BCUT2D eigenvalue weighted by atomic mass is 16.2. The highest BCUT2D eigenvalue weighted by molar-refractivity contribution is 5.79. The van der Waals surface area contributed by atoms with Gasteiger partial charge in [0.05, 0.1) is 17.8 Å². The molecule has 0 spiro atoms. The number of fused-ring (bicyclic) bond motifs is 1. The monoisotopic (exact) mass is 218 g/mol. The fraction of sp³-hybridized carbons (Fsp3) is 0.462. The van der Waals surface area contributed by atoms with Gasteiger partial charge in [0.15, 0.2) is 0 Å². The zero-order valence-electron chi connectivity index (χ0n) is 9.85. The van der Waals surface area contributed by atoms with Gasteiger partial charge in [-0.3, -0.25) is 4.68 Å².